The molecular weight excluding hydrogens is 457 g/mol. The number of urea groups is 1. The Bertz CT molecular complexity index is 1420. The van der Waals surface area contributed by atoms with Crippen LogP contribution in [-0.2, 0) is 19.4 Å². The Hall–Kier alpha value is -3.38. The molecule has 3 heterocycles. The first-order chi connectivity index (χ1) is 17.0. The van der Waals surface area contributed by atoms with E-state index in [9.17, 15) is 9.18 Å². The van der Waals surface area contributed by atoms with Crippen molar-refractivity contribution in [3.8, 4) is 5.00 Å². The van der Waals surface area contributed by atoms with Crippen LogP contribution in [0, 0.1) is 19.7 Å². The minimum atomic E-state index is -0.338. The molecule has 1 aliphatic carbocycles. The van der Waals surface area contributed by atoms with E-state index in [4.69, 9.17) is 0 Å². The number of rotatable bonds is 2. The normalized spacial score (nSPS) is 16.8. The van der Waals surface area contributed by atoms with Gasteiger partial charge in [-0.15, -0.1) is 11.3 Å². The molecule has 2 aromatic heterocycles. The van der Waals surface area contributed by atoms with Gasteiger partial charge in [-0.1, -0.05) is 29.8 Å². The third-order valence-corrected chi connectivity index (χ3v) is 8.58. The Morgan fingerprint density at radius 3 is 2.63 bits per heavy atom. The molecule has 35 heavy (non-hydrogen) atoms. The summed E-state index contributed by atoms with van der Waals surface area (Å²) in [6, 6.07) is 16.2. The molecule has 2 aliphatic rings. The molecule has 2 amide bonds. The van der Waals surface area contributed by atoms with Crippen molar-refractivity contribution in [2.24, 2.45) is 0 Å². The average Bonchev–Trinajstić information content (AvgIpc) is 3.43. The van der Waals surface area contributed by atoms with Gasteiger partial charge in [-0.25, -0.2) is 9.18 Å². The standard InChI is InChI=1S/C29H28FN3OS/c1-18-9-14-24(19(2)16-18)31-29(34)33-17-23-22-6-3-4-8-26(22)35-28(23)32-15-5-7-25(32)27(33)20-10-12-21(30)13-11-20/h5,7,9-16,27H,3-4,6,8,17H2,1-2H3,(H,31,34)/t27-/m1/s1. The summed E-state index contributed by atoms with van der Waals surface area (Å²) in [4.78, 5) is 17.4. The first-order valence-corrected chi connectivity index (χ1v) is 13.0. The number of aromatic nitrogens is 1. The van der Waals surface area contributed by atoms with Gasteiger partial charge in [0.2, 0.25) is 0 Å². The SMILES string of the molecule is Cc1ccc(NC(=O)N2Cc3c(sc4c3CCCC4)-n3cccc3[C@H]2c2ccc(F)cc2)c(C)c1. The summed E-state index contributed by atoms with van der Waals surface area (Å²) in [7, 11) is 0. The fourth-order valence-corrected chi connectivity index (χ4v) is 6.93. The van der Waals surface area contributed by atoms with Gasteiger partial charge in [0.25, 0.3) is 0 Å². The van der Waals surface area contributed by atoms with Gasteiger partial charge in [0.05, 0.1) is 18.3 Å². The number of halogens is 1. The van der Waals surface area contributed by atoms with E-state index in [0.717, 1.165) is 40.9 Å². The van der Waals surface area contributed by atoms with Crippen LogP contribution < -0.4 is 5.32 Å². The first-order valence-electron chi connectivity index (χ1n) is 12.2. The highest BCUT2D eigenvalue weighted by Gasteiger charge is 2.36. The zero-order chi connectivity index (χ0) is 24.1. The summed E-state index contributed by atoms with van der Waals surface area (Å²) < 4.78 is 16.1. The molecule has 0 saturated carbocycles. The topological polar surface area (TPSA) is 37.3 Å². The minimum Gasteiger partial charge on any atom is -0.310 e. The molecule has 4 nitrogen and oxygen atoms in total. The average molecular weight is 486 g/mol. The second kappa shape index (κ2) is 8.68. The van der Waals surface area contributed by atoms with Gasteiger partial charge in [-0.05, 0) is 86.6 Å². The molecule has 1 aliphatic heterocycles. The number of amides is 2. The fraction of sp³-hybridized carbons (Fsp3) is 0.276. The van der Waals surface area contributed by atoms with E-state index in [-0.39, 0.29) is 17.9 Å². The largest absolute Gasteiger partial charge is 0.322 e. The number of hydrogen-bond acceptors (Lipinski definition) is 2. The quantitative estimate of drug-likeness (QED) is 0.318. The summed E-state index contributed by atoms with van der Waals surface area (Å²) in [6.07, 6.45) is 6.67. The number of nitrogens with zero attached hydrogens (tertiary/aromatic N) is 2. The van der Waals surface area contributed by atoms with Crippen LogP contribution in [0.15, 0.2) is 60.8 Å². The number of carbonyl (C=O) groups is 1. The lowest BCUT2D eigenvalue weighted by Crippen LogP contribution is -2.38. The number of carbonyl (C=O) groups excluding carboxylic acids is 1. The predicted octanol–water partition coefficient (Wildman–Crippen LogP) is 7.31. The van der Waals surface area contributed by atoms with Crippen LogP contribution in [-0.4, -0.2) is 15.5 Å². The van der Waals surface area contributed by atoms with Gasteiger partial charge < -0.3 is 14.8 Å². The molecule has 0 saturated heterocycles. The second-order valence-corrected chi connectivity index (χ2v) is 10.7. The number of aryl methyl sites for hydroxylation is 3. The van der Waals surface area contributed by atoms with Crippen LogP contribution in [0.5, 0.6) is 0 Å². The number of benzene rings is 2. The van der Waals surface area contributed by atoms with E-state index >= 15 is 0 Å². The van der Waals surface area contributed by atoms with Gasteiger partial charge in [0.1, 0.15) is 10.8 Å². The van der Waals surface area contributed by atoms with Gasteiger partial charge in [0.15, 0.2) is 0 Å². The Kier molecular flexibility index (Phi) is 5.49. The number of hydrogen-bond donors (Lipinski definition) is 1. The van der Waals surface area contributed by atoms with Crippen molar-refractivity contribution in [2.45, 2.75) is 52.1 Å². The zero-order valence-corrected chi connectivity index (χ0v) is 20.8. The van der Waals surface area contributed by atoms with Crippen molar-refractivity contribution in [3.63, 3.8) is 0 Å². The zero-order valence-electron chi connectivity index (χ0n) is 20.0. The highest BCUT2D eigenvalue weighted by molar-refractivity contribution is 7.15. The van der Waals surface area contributed by atoms with E-state index in [1.54, 1.807) is 12.1 Å². The Labute approximate surface area is 209 Å². The van der Waals surface area contributed by atoms with Crippen LogP contribution in [0.4, 0.5) is 14.9 Å². The minimum absolute atomic E-state index is 0.150. The molecule has 0 bridgehead atoms. The van der Waals surface area contributed by atoms with Crippen molar-refractivity contribution in [1.29, 1.82) is 0 Å². The molecule has 6 heteroatoms. The van der Waals surface area contributed by atoms with Crippen molar-refractivity contribution < 1.29 is 9.18 Å². The lowest BCUT2D eigenvalue weighted by Gasteiger charge is -2.31. The van der Waals surface area contributed by atoms with E-state index in [0.29, 0.717) is 6.54 Å². The van der Waals surface area contributed by atoms with Gasteiger partial charge >= 0.3 is 6.03 Å². The summed E-state index contributed by atoms with van der Waals surface area (Å²) in [5, 5.41) is 4.39. The summed E-state index contributed by atoms with van der Waals surface area (Å²) >= 11 is 1.86. The van der Waals surface area contributed by atoms with Crippen LogP contribution in [0.25, 0.3) is 5.00 Å². The van der Waals surface area contributed by atoms with E-state index in [1.807, 2.05) is 48.3 Å². The van der Waals surface area contributed by atoms with Gasteiger partial charge in [0, 0.05) is 22.3 Å². The maximum absolute atomic E-state index is 14.0. The molecule has 0 spiro atoms. The van der Waals surface area contributed by atoms with Crippen molar-refractivity contribution in [3.05, 3.63) is 105 Å². The molecular formula is C29H28FN3OS. The Balaban J connectivity index is 1.49. The monoisotopic (exact) mass is 485 g/mol. The second-order valence-electron chi connectivity index (χ2n) is 9.63. The van der Waals surface area contributed by atoms with E-state index < -0.39 is 0 Å². The van der Waals surface area contributed by atoms with Crippen LogP contribution >= 0.6 is 11.3 Å². The lowest BCUT2D eigenvalue weighted by atomic mass is 9.95. The molecule has 4 aromatic rings. The van der Waals surface area contributed by atoms with E-state index in [2.05, 4.69) is 28.2 Å². The van der Waals surface area contributed by atoms with Crippen molar-refractivity contribution in [2.75, 3.05) is 5.32 Å². The Morgan fingerprint density at radius 2 is 1.83 bits per heavy atom. The molecule has 1 N–H and O–H groups in total. The van der Waals surface area contributed by atoms with Gasteiger partial charge in [-0.2, -0.15) is 0 Å². The molecule has 0 unspecified atom stereocenters. The van der Waals surface area contributed by atoms with Gasteiger partial charge in [-0.3, -0.25) is 0 Å². The predicted molar refractivity (Wildman–Crippen MR) is 139 cm³/mol. The molecule has 178 valence electrons. The number of nitrogens with one attached hydrogen (secondary N) is 1. The number of fused-ring (bicyclic) bond motifs is 5. The lowest BCUT2D eigenvalue weighted by molar-refractivity contribution is 0.194. The maximum Gasteiger partial charge on any atom is 0.322 e. The molecule has 6 rings (SSSR count). The third-order valence-electron chi connectivity index (χ3n) is 7.25. The fourth-order valence-electron chi connectivity index (χ4n) is 5.52. The highest BCUT2D eigenvalue weighted by atomic mass is 32.1. The van der Waals surface area contributed by atoms with Crippen molar-refractivity contribution in [1.82, 2.24) is 9.47 Å². The smallest absolute Gasteiger partial charge is 0.310 e. The number of thiophene rings is 1. The highest BCUT2D eigenvalue weighted by Crippen LogP contribution is 2.44. The third kappa shape index (κ3) is 3.86. The maximum atomic E-state index is 14.0. The van der Waals surface area contributed by atoms with Crippen LogP contribution in [0.3, 0.4) is 0 Å². The van der Waals surface area contributed by atoms with E-state index in [1.165, 1.54) is 46.0 Å². The molecule has 0 fully saturated rings. The molecule has 2 aromatic carbocycles. The molecule has 1 atom stereocenters. The van der Waals surface area contributed by atoms with Crippen molar-refractivity contribution >= 4 is 23.1 Å². The summed E-state index contributed by atoms with van der Waals surface area (Å²) in [5.41, 5.74) is 7.58. The molecule has 0 radical (unpaired) electrons. The van der Waals surface area contributed by atoms with Crippen LogP contribution in [0.1, 0.15) is 57.3 Å². The summed E-state index contributed by atoms with van der Waals surface area (Å²) in [5.74, 6) is -0.280. The Morgan fingerprint density at radius 1 is 1.03 bits per heavy atom. The first kappa shape index (κ1) is 22.1. The van der Waals surface area contributed by atoms with Crippen LogP contribution in [0.2, 0.25) is 0 Å². The number of anilines is 1. The summed E-state index contributed by atoms with van der Waals surface area (Å²) in [6.45, 7) is 4.58.